The third-order valence-electron chi connectivity index (χ3n) is 5.13. The third-order valence-corrected chi connectivity index (χ3v) is 6.74. The molecule has 28 heavy (non-hydrogen) atoms. The average molecular weight is 407 g/mol. The smallest absolute Gasteiger partial charge is 0.123 e. The summed E-state index contributed by atoms with van der Waals surface area (Å²) in [5.41, 5.74) is 5.22. The molecule has 0 spiro atoms. The van der Waals surface area contributed by atoms with Gasteiger partial charge >= 0.3 is 0 Å². The summed E-state index contributed by atoms with van der Waals surface area (Å²) >= 11 is 3.41. The van der Waals surface area contributed by atoms with E-state index in [1.54, 1.807) is 22.7 Å². The fourth-order valence-corrected chi connectivity index (χ4v) is 4.73. The Bertz CT molecular complexity index is 1020. The standard InChI is InChI=1S/C24H26N2S2/c1-23(2,3)15-11-17-18(19(13-15)21-25-7-9-27-21)12-16(24(4,5)6)14-20(17)22-26-8-10-28-22/h7-14H,1-6H3. The van der Waals surface area contributed by atoms with E-state index in [2.05, 4.69) is 86.5 Å². The number of thiazole rings is 2. The van der Waals surface area contributed by atoms with Gasteiger partial charge in [0.15, 0.2) is 0 Å². The van der Waals surface area contributed by atoms with Gasteiger partial charge in [0.1, 0.15) is 10.0 Å². The van der Waals surface area contributed by atoms with Crippen molar-refractivity contribution in [2.24, 2.45) is 0 Å². The molecule has 4 heteroatoms. The van der Waals surface area contributed by atoms with Crippen molar-refractivity contribution in [1.29, 1.82) is 0 Å². The Balaban J connectivity index is 2.16. The first-order chi connectivity index (χ1) is 13.1. The maximum absolute atomic E-state index is 4.65. The van der Waals surface area contributed by atoms with Crippen LogP contribution in [0.5, 0.6) is 0 Å². The highest BCUT2D eigenvalue weighted by Crippen LogP contribution is 2.42. The van der Waals surface area contributed by atoms with Crippen LogP contribution in [0.15, 0.2) is 47.4 Å². The first-order valence-electron chi connectivity index (χ1n) is 9.57. The second-order valence-electron chi connectivity index (χ2n) is 9.32. The quantitative estimate of drug-likeness (QED) is 0.341. The summed E-state index contributed by atoms with van der Waals surface area (Å²) in [6.07, 6.45) is 3.79. The lowest BCUT2D eigenvalue weighted by molar-refractivity contribution is 0.589. The predicted molar refractivity (Wildman–Crippen MR) is 124 cm³/mol. The van der Waals surface area contributed by atoms with E-state index in [4.69, 9.17) is 0 Å². The molecule has 2 heterocycles. The summed E-state index contributed by atoms with van der Waals surface area (Å²) in [5.74, 6) is 0. The van der Waals surface area contributed by atoms with Gasteiger partial charge in [-0.15, -0.1) is 22.7 Å². The van der Waals surface area contributed by atoms with Gasteiger partial charge in [0.25, 0.3) is 0 Å². The van der Waals surface area contributed by atoms with Crippen LogP contribution in [0.3, 0.4) is 0 Å². The van der Waals surface area contributed by atoms with Crippen molar-refractivity contribution < 1.29 is 0 Å². The van der Waals surface area contributed by atoms with Gasteiger partial charge in [-0.05, 0) is 57.0 Å². The first-order valence-corrected chi connectivity index (χ1v) is 11.3. The fraction of sp³-hybridized carbons (Fsp3) is 0.333. The van der Waals surface area contributed by atoms with Crippen LogP contribution in [0.4, 0.5) is 0 Å². The maximum atomic E-state index is 4.65. The Labute approximate surface area is 175 Å². The molecule has 0 saturated carbocycles. The van der Waals surface area contributed by atoms with Crippen LogP contribution in [0.25, 0.3) is 31.9 Å². The van der Waals surface area contributed by atoms with Gasteiger partial charge in [0.05, 0.1) is 0 Å². The van der Waals surface area contributed by atoms with E-state index in [0.717, 1.165) is 10.0 Å². The number of benzene rings is 2. The van der Waals surface area contributed by atoms with Crippen LogP contribution < -0.4 is 0 Å². The van der Waals surface area contributed by atoms with Crippen molar-refractivity contribution in [3.63, 3.8) is 0 Å². The molecule has 2 aromatic carbocycles. The number of hydrogen-bond donors (Lipinski definition) is 0. The number of rotatable bonds is 2. The predicted octanol–water partition coefficient (Wildman–Crippen LogP) is 7.68. The Hall–Kier alpha value is -2.04. The van der Waals surface area contributed by atoms with Crippen LogP contribution in [0, 0.1) is 0 Å². The molecule has 0 aliphatic carbocycles. The minimum absolute atomic E-state index is 0.0586. The Morgan fingerprint density at radius 1 is 0.607 bits per heavy atom. The lowest BCUT2D eigenvalue weighted by atomic mass is 9.80. The van der Waals surface area contributed by atoms with Gasteiger partial charge in [-0.3, -0.25) is 0 Å². The van der Waals surface area contributed by atoms with Crippen molar-refractivity contribution in [3.8, 4) is 21.1 Å². The van der Waals surface area contributed by atoms with E-state index in [0.29, 0.717) is 0 Å². The molecule has 4 rings (SSSR count). The molecule has 0 radical (unpaired) electrons. The Morgan fingerprint density at radius 3 is 1.29 bits per heavy atom. The molecule has 0 aliphatic rings. The summed E-state index contributed by atoms with van der Waals surface area (Å²) < 4.78 is 0. The molecule has 0 fully saturated rings. The van der Waals surface area contributed by atoms with Gasteiger partial charge in [-0.1, -0.05) is 41.5 Å². The average Bonchev–Trinajstić information content (AvgIpc) is 3.31. The SMILES string of the molecule is CC(C)(C)c1cc(-c2nccs2)c2cc(C(C)(C)C)cc(-c3nccs3)c2c1. The van der Waals surface area contributed by atoms with Crippen LogP contribution in [-0.4, -0.2) is 9.97 Å². The molecular weight excluding hydrogens is 380 g/mol. The summed E-state index contributed by atoms with van der Waals surface area (Å²) in [5, 5.41) is 8.79. The topological polar surface area (TPSA) is 25.8 Å². The van der Waals surface area contributed by atoms with Gasteiger partial charge < -0.3 is 0 Å². The van der Waals surface area contributed by atoms with Crippen molar-refractivity contribution in [1.82, 2.24) is 9.97 Å². The minimum Gasteiger partial charge on any atom is -0.245 e. The molecule has 4 aromatic rings. The normalized spacial score (nSPS) is 12.6. The molecule has 2 nitrogen and oxygen atoms in total. The van der Waals surface area contributed by atoms with Crippen molar-refractivity contribution in [3.05, 3.63) is 58.5 Å². The molecular formula is C24H26N2S2. The molecule has 2 aromatic heterocycles. The summed E-state index contributed by atoms with van der Waals surface area (Å²) in [4.78, 5) is 9.30. The highest BCUT2D eigenvalue weighted by Gasteiger charge is 2.23. The third kappa shape index (κ3) is 3.51. The molecule has 0 aliphatic heterocycles. The number of fused-ring (bicyclic) bond motifs is 1. The second-order valence-corrected chi connectivity index (χ2v) is 11.1. The number of aromatic nitrogens is 2. The van der Waals surface area contributed by atoms with Crippen LogP contribution in [-0.2, 0) is 10.8 Å². The van der Waals surface area contributed by atoms with Gasteiger partial charge in [0, 0.05) is 34.3 Å². The van der Waals surface area contributed by atoms with Crippen molar-refractivity contribution in [2.75, 3.05) is 0 Å². The van der Waals surface area contributed by atoms with Crippen molar-refractivity contribution in [2.45, 2.75) is 52.4 Å². The van der Waals surface area contributed by atoms with Crippen LogP contribution in [0.2, 0.25) is 0 Å². The first kappa shape index (κ1) is 19.3. The van der Waals surface area contributed by atoms with Crippen LogP contribution >= 0.6 is 22.7 Å². The van der Waals surface area contributed by atoms with E-state index < -0.39 is 0 Å². The molecule has 0 saturated heterocycles. The minimum atomic E-state index is 0.0586. The lowest BCUT2D eigenvalue weighted by Crippen LogP contribution is -2.13. The van der Waals surface area contributed by atoms with E-state index >= 15 is 0 Å². The number of nitrogens with zero attached hydrogens (tertiary/aromatic N) is 2. The largest absolute Gasteiger partial charge is 0.245 e. The summed E-state index contributed by atoms with van der Waals surface area (Å²) in [6.45, 7) is 13.6. The van der Waals surface area contributed by atoms with E-state index in [1.807, 2.05) is 12.4 Å². The van der Waals surface area contributed by atoms with E-state index in [1.165, 1.54) is 33.0 Å². The zero-order valence-electron chi connectivity index (χ0n) is 17.3. The zero-order valence-corrected chi connectivity index (χ0v) is 19.0. The molecule has 0 N–H and O–H groups in total. The molecule has 0 unspecified atom stereocenters. The number of hydrogen-bond acceptors (Lipinski definition) is 4. The molecule has 0 atom stereocenters. The zero-order chi connectivity index (χ0) is 20.1. The molecule has 0 bridgehead atoms. The summed E-state index contributed by atoms with van der Waals surface area (Å²) in [7, 11) is 0. The molecule has 144 valence electrons. The highest BCUT2D eigenvalue weighted by molar-refractivity contribution is 7.13. The van der Waals surface area contributed by atoms with E-state index in [9.17, 15) is 0 Å². The lowest BCUT2D eigenvalue weighted by Gasteiger charge is -2.25. The fourth-order valence-electron chi connectivity index (χ4n) is 3.39. The van der Waals surface area contributed by atoms with Gasteiger partial charge in [0.2, 0.25) is 0 Å². The monoisotopic (exact) mass is 406 g/mol. The maximum Gasteiger partial charge on any atom is 0.123 e. The van der Waals surface area contributed by atoms with Crippen molar-refractivity contribution >= 4 is 33.4 Å². The van der Waals surface area contributed by atoms with Crippen LogP contribution in [0.1, 0.15) is 52.7 Å². The van der Waals surface area contributed by atoms with Gasteiger partial charge in [-0.25, -0.2) is 9.97 Å². The summed E-state index contributed by atoms with van der Waals surface area (Å²) in [6, 6.07) is 9.38. The van der Waals surface area contributed by atoms with Gasteiger partial charge in [-0.2, -0.15) is 0 Å². The second kappa shape index (κ2) is 6.78. The molecule has 0 amide bonds. The Morgan fingerprint density at radius 2 is 1.00 bits per heavy atom. The van der Waals surface area contributed by atoms with E-state index in [-0.39, 0.29) is 10.8 Å². The highest BCUT2D eigenvalue weighted by atomic mass is 32.1. The Kier molecular flexibility index (Phi) is 4.67.